The Kier molecular flexibility index (Phi) is 2.83. The minimum Gasteiger partial charge on any atom is -0.390 e. The maximum absolute atomic E-state index is 9.14. The van der Waals surface area contributed by atoms with Crippen molar-refractivity contribution in [2.24, 2.45) is 0 Å². The molecular formula is C12H14N2O. The lowest BCUT2D eigenvalue weighted by Gasteiger charge is -2.15. The number of hydrogen-bond donors (Lipinski definition) is 1. The maximum atomic E-state index is 9.14. The first kappa shape index (κ1) is 9.93. The molecule has 3 nitrogen and oxygen atoms in total. The van der Waals surface area contributed by atoms with E-state index < -0.39 is 0 Å². The van der Waals surface area contributed by atoms with E-state index in [1.807, 2.05) is 22.8 Å². The Morgan fingerprint density at radius 1 is 1.33 bits per heavy atom. The molecule has 1 atom stereocenters. The highest BCUT2D eigenvalue weighted by Gasteiger charge is 2.10. The van der Waals surface area contributed by atoms with E-state index in [4.69, 9.17) is 5.11 Å². The third-order valence-electron chi connectivity index (χ3n) is 2.61. The molecule has 0 radical (unpaired) electrons. The molecule has 2 rings (SSSR count). The number of rotatable bonds is 3. The molecule has 15 heavy (non-hydrogen) atoms. The molecule has 0 fully saturated rings. The van der Waals surface area contributed by atoms with Gasteiger partial charge in [0.05, 0.1) is 30.9 Å². The maximum Gasteiger partial charge on any atom is 0.0954 e. The number of imidazole rings is 1. The van der Waals surface area contributed by atoms with Crippen molar-refractivity contribution >= 4 is 0 Å². The molecule has 78 valence electrons. The molecule has 1 aromatic heterocycles. The second-order valence-corrected chi connectivity index (χ2v) is 3.54. The molecule has 1 aromatic carbocycles. The zero-order chi connectivity index (χ0) is 10.7. The lowest BCUT2D eigenvalue weighted by Crippen LogP contribution is -2.08. The summed E-state index contributed by atoms with van der Waals surface area (Å²) in [6, 6.07) is 10.4. The highest BCUT2D eigenvalue weighted by Crippen LogP contribution is 2.18. The van der Waals surface area contributed by atoms with Crippen LogP contribution in [0.15, 0.2) is 42.9 Å². The Bertz CT molecular complexity index is 422. The average molecular weight is 202 g/mol. The molecule has 1 N–H and O–H groups in total. The van der Waals surface area contributed by atoms with Crippen LogP contribution in [-0.2, 0) is 6.61 Å². The summed E-state index contributed by atoms with van der Waals surface area (Å²) in [6.45, 7) is 2.12. The topological polar surface area (TPSA) is 38.0 Å². The SMILES string of the molecule is C[C@H](c1ccccc1)n1cncc1CO. The van der Waals surface area contributed by atoms with Gasteiger partial charge in [-0.3, -0.25) is 0 Å². The number of hydrogen-bond acceptors (Lipinski definition) is 2. The summed E-state index contributed by atoms with van der Waals surface area (Å²) < 4.78 is 1.98. The van der Waals surface area contributed by atoms with Crippen LogP contribution in [0.1, 0.15) is 24.2 Å². The van der Waals surface area contributed by atoms with Gasteiger partial charge in [0, 0.05) is 0 Å². The summed E-state index contributed by atoms with van der Waals surface area (Å²) in [5.41, 5.74) is 2.05. The van der Waals surface area contributed by atoms with Crippen molar-refractivity contribution in [3.63, 3.8) is 0 Å². The molecular weight excluding hydrogens is 188 g/mol. The predicted octanol–water partition coefficient (Wildman–Crippen LogP) is 1.98. The number of benzene rings is 1. The van der Waals surface area contributed by atoms with E-state index >= 15 is 0 Å². The van der Waals surface area contributed by atoms with Gasteiger partial charge in [0.15, 0.2) is 0 Å². The fourth-order valence-electron chi connectivity index (χ4n) is 1.70. The van der Waals surface area contributed by atoms with E-state index in [1.165, 1.54) is 5.56 Å². The summed E-state index contributed by atoms with van der Waals surface area (Å²) in [5.74, 6) is 0. The highest BCUT2D eigenvalue weighted by molar-refractivity contribution is 5.20. The van der Waals surface area contributed by atoms with Gasteiger partial charge < -0.3 is 9.67 Å². The third-order valence-corrected chi connectivity index (χ3v) is 2.61. The lowest BCUT2D eigenvalue weighted by atomic mass is 10.1. The van der Waals surface area contributed by atoms with Crippen LogP contribution in [0, 0.1) is 0 Å². The first-order valence-corrected chi connectivity index (χ1v) is 4.99. The zero-order valence-corrected chi connectivity index (χ0v) is 8.67. The highest BCUT2D eigenvalue weighted by atomic mass is 16.3. The van der Waals surface area contributed by atoms with Crippen molar-refractivity contribution in [1.82, 2.24) is 9.55 Å². The van der Waals surface area contributed by atoms with Crippen molar-refractivity contribution in [1.29, 1.82) is 0 Å². The molecule has 0 bridgehead atoms. The molecule has 0 unspecified atom stereocenters. The zero-order valence-electron chi connectivity index (χ0n) is 8.67. The average Bonchev–Trinajstić information content (AvgIpc) is 2.77. The van der Waals surface area contributed by atoms with Gasteiger partial charge in [0.1, 0.15) is 0 Å². The minimum absolute atomic E-state index is 0.0250. The number of aliphatic hydroxyl groups is 1. The van der Waals surface area contributed by atoms with Gasteiger partial charge in [-0.2, -0.15) is 0 Å². The summed E-state index contributed by atoms with van der Waals surface area (Å²) in [4.78, 5) is 4.04. The molecule has 3 heteroatoms. The van der Waals surface area contributed by atoms with E-state index in [-0.39, 0.29) is 12.6 Å². The van der Waals surface area contributed by atoms with Crippen LogP contribution in [0.4, 0.5) is 0 Å². The summed E-state index contributed by atoms with van der Waals surface area (Å²) in [5, 5.41) is 9.14. The van der Waals surface area contributed by atoms with E-state index in [2.05, 4.69) is 24.0 Å². The summed E-state index contributed by atoms with van der Waals surface area (Å²) >= 11 is 0. The molecule has 0 amide bonds. The van der Waals surface area contributed by atoms with Crippen molar-refractivity contribution in [3.05, 3.63) is 54.1 Å². The van der Waals surface area contributed by atoms with Gasteiger partial charge in [-0.25, -0.2) is 4.98 Å². The van der Waals surface area contributed by atoms with Crippen LogP contribution >= 0.6 is 0 Å². The van der Waals surface area contributed by atoms with Crippen LogP contribution in [-0.4, -0.2) is 14.7 Å². The summed E-state index contributed by atoms with van der Waals surface area (Å²) in [7, 11) is 0. The van der Waals surface area contributed by atoms with Gasteiger partial charge in [-0.15, -0.1) is 0 Å². The van der Waals surface area contributed by atoms with Gasteiger partial charge >= 0.3 is 0 Å². The lowest BCUT2D eigenvalue weighted by molar-refractivity contribution is 0.269. The fraction of sp³-hybridized carbons (Fsp3) is 0.250. The van der Waals surface area contributed by atoms with Crippen molar-refractivity contribution < 1.29 is 5.11 Å². The second-order valence-electron chi connectivity index (χ2n) is 3.54. The standard InChI is InChI=1S/C12H14N2O/c1-10(11-5-3-2-4-6-11)14-9-13-7-12(14)8-15/h2-7,9-10,15H,8H2,1H3/t10-/m1/s1. The third kappa shape index (κ3) is 1.92. The Hall–Kier alpha value is -1.61. The minimum atomic E-state index is 0.0250. The first-order chi connectivity index (χ1) is 7.33. The smallest absolute Gasteiger partial charge is 0.0954 e. The predicted molar refractivity (Wildman–Crippen MR) is 58.4 cm³/mol. The van der Waals surface area contributed by atoms with E-state index in [1.54, 1.807) is 12.5 Å². The molecule has 0 saturated heterocycles. The largest absolute Gasteiger partial charge is 0.390 e. The van der Waals surface area contributed by atoms with E-state index in [9.17, 15) is 0 Å². The van der Waals surface area contributed by atoms with E-state index in [0.29, 0.717) is 0 Å². The van der Waals surface area contributed by atoms with Crippen LogP contribution in [0.5, 0.6) is 0 Å². The number of aromatic nitrogens is 2. The molecule has 0 aliphatic rings. The molecule has 1 heterocycles. The van der Waals surface area contributed by atoms with Gasteiger partial charge in [0.2, 0.25) is 0 Å². The molecule has 2 aromatic rings. The fourth-order valence-corrected chi connectivity index (χ4v) is 1.70. The summed E-state index contributed by atoms with van der Waals surface area (Å²) in [6.07, 6.45) is 3.45. The Balaban J connectivity index is 2.32. The van der Waals surface area contributed by atoms with Gasteiger partial charge in [-0.1, -0.05) is 30.3 Å². The van der Waals surface area contributed by atoms with Crippen LogP contribution in [0.3, 0.4) is 0 Å². The van der Waals surface area contributed by atoms with Crippen LogP contribution in [0.25, 0.3) is 0 Å². The normalized spacial score (nSPS) is 12.7. The van der Waals surface area contributed by atoms with Gasteiger partial charge in [-0.05, 0) is 12.5 Å². The number of aliphatic hydroxyl groups excluding tert-OH is 1. The van der Waals surface area contributed by atoms with Crippen molar-refractivity contribution in [3.8, 4) is 0 Å². The van der Waals surface area contributed by atoms with Crippen LogP contribution < -0.4 is 0 Å². The number of nitrogens with zero attached hydrogens (tertiary/aromatic N) is 2. The van der Waals surface area contributed by atoms with Crippen molar-refractivity contribution in [2.75, 3.05) is 0 Å². The molecule has 0 aliphatic carbocycles. The second kappa shape index (κ2) is 4.28. The molecule has 0 spiro atoms. The van der Waals surface area contributed by atoms with Crippen LogP contribution in [0.2, 0.25) is 0 Å². The molecule has 0 aliphatic heterocycles. The first-order valence-electron chi connectivity index (χ1n) is 4.99. The Labute approximate surface area is 89.0 Å². The molecule has 0 saturated carbocycles. The van der Waals surface area contributed by atoms with Gasteiger partial charge in [0.25, 0.3) is 0 Å². The Morgan fingerprint density at radius 3 is 2.73 bits per heavy atom. The van der Waals surface area contributed by atoms with E-state index in [0.717, 1.165) is 5.69 Å². The Morgan fingerprint density at radius 2 is 2.07 bits per heavy atom. The quantitative estimate of drug-likeness (QED) is 0.826. The van der Waals surface area contributed by atoms with Crippen molar-refractivity contribution in [2.45, 2.75) is 19.6 Å². The monoisotopic (exact) mass is 202 g/mol.